The summed E-state index contributed by atoms with van der Waals surface area (Å²) in [5, 5.41) is 0. The molecular formula is C16H20BrNO4. The Balaban J connectivity index is 1.67. The minimum absolute atomic E-state index is 0.00114. The van der Waals surface area contributed by atoms with Gasteiger partial charge in [-0.25, -0.2) is 0 Å². The van der Waals surface area contributed by atoms with Gasteiger partial charge in [0.2, 0.25) is 0 Å². The van der Waals surface area contributed by atoms with Crippen LogP contribution < -0.4 is 4.74 Å². The van der Waals surface area contributed by atoms with Crippen LogP contribution in [0.1, 0.15) is 24.2 Å². The SMILES string of the molecule is COc1ccc(Br)c(C(=O)N2CC3(COC(C)(C)OC3)C2)c1. The van der Waals surface area contributed by atoms with Crippen molar-refractivity contribution in [1.29, 1.82) is 0 Å². The lowest BCUT2D eigenvalue weighted by Gasteiger charge is -2.54. The number of methoxy groups -OCH3 is 1. The van der Waals surface area contributed by atoms with Gasteiger partial charge in [-0.3, -0.25) is 4.79 Å². The Morgan fingerprint density at radius 1 is 1.27 bits per heavy atom. The molecule has 0 aliphatic carbocycles. The number of halogens is 1. The monoisotopic (exact) mass is 369 g/mol. The van der Waals surface area contributed by atoms with Crippen LogP contribution in [0.3, 0.4) is 0 Å². The topological polar surface area (TPSA) is 48.0 Å². The van der Waals surface area contributed by atoms with Crippen molar-refractivity contribution in [2.75, 3.05) is 33.4 Å². The Morgan fingerprint density at radius 3 is 2.50 bits per heavy atom. The highest BCUT2D eigenvalue weighted by atomic mass is 79.9. The molecule has 1 spiro atoms. The molecule has 2 aliphatic heterocycles. The second kappa shape index (κ2) is 5.51. The van der Waals surface area contributed by atoms with Crippen LogP contribution in [0.15, 0.2) is 22.7 Å². The zero-order valence-electron chi connectivity index (χ0n) is 13.0. The molecule has 1 amide bonds. The van der Waals surface area contributed by atoms with Crippen molar-refractivity contribution in [2.24, 2.45) is 5.41 Å². The Kier molecular flexibility index (Phi) is 3.95. The quantitative estimate of drug-likeness (QED) is 0.803. The van der Waals surface area contributed by atoms with Crippen molar-refractivity contribution in [3.8, 4) is 5.75 Å². The van der Waals surface area contributed by atoms with E-state index < -0.39 is 5.79 Å². The summed E-state index contributed by atoms with van der Waals surface area (Å²) in [5.41, 5.74) is 0.559. The third kappa shape index (κ3) is 2.87. The van der Waals surface area contributed by atoms with E-state index in [2.05, 4.69) is 15.9 Å². The summed E-state index contributed by atoms with van der Waals surface area (Å²) in [4.78, 5) is 14.5. The van der Waals surface area contributed by atoms with Crippen LogP contribution in [-0.4, -0.2) is 50.0 Å². The first-order valence-electron chi connectivity index (χ1n) is 7.25. The molecule has 22 heavy (non-hydrogen) atoms. The first-order chi connectivity index (χ1) is 10.3. The maximum absolute atomic E-state index is 12.6. The van der Waals surface area contributed by atoms with E-state index >= 15 is 0 Å². The van der Waals surface area contributed by atoms with Gasteiger partial charge in [0.1, 0.15) is 5.75 Å². The molecule has 0 N–H and O–H groups in total. The van der Waals surface area contributed by atoms with E-state index in [1.54, 1.807) is 13.2 Å². The number of amides is 1. The van der Waals surface area contributed by atoms with E-state index in [0.717, 1.165) is 4.47 Å². The zero-order chi connectivity index (χ0) is 16.0. The van der Waals surface area contributed by atoms with Crippen LogP contribution >= 0.6 is 15.9 Å². The first-order valence-corrected chi connectivity index (χ1v) is 8.04. The zero-order valence-corrected chi connectivity index (χ0v) is 14.6. The number of likely N-dealkylation sites (tertiary alicyclic amines) is 1. The number of rotatable bonds is 2. The lowest BCUT2D eigenvalue weighted by molar-refractivity contribution is -0.301. The molecule has 2 fully saturated rings. The van der Waals surface area contributed by atoms with E-state index in [1.165, 1.54) is 0 Å². The Morgan fingerprint density at radius 2 is 1.91 bits per heavy atom. The molecule has 3 rings (SSSR count). The van der Waals surface area contributed by atoms with Crippen molar-refractivity contribution < 1.29 is 19.0 Å². The van der Waals surface area contributed by atoms with E-state index in [4.69, 9.17) is 14.2 Å². The lowest BCUT2D eigenvalue weighted by atomic mass is 9.80. The minimum atomic E-state index is -0.522. The number of nitrogens with zero attached hydrogens (tertiary/aromatic N) is 1. The smallest absolute Gasteiger partial charge is 0.255 e. The van der Waals surface area contributed by atoms with Crippen molar-refractivity contribution in [3.05, 3.63) is 28.2 Å². The molecule has 0 bridgehead atoms. The fourth-order valence-corrected chi connectivity index (χ4v) is 3.21. The number of benzene rings is 1. The normalized spacial score (nSPS) is 22.3. The molecule has 0 radical (unpaired) electrons. The maximum atomic E-state index is 12.6. The summed E-state index contributed by atoms with van der Waals surface area (Å²) < 4.78 is 17.4. The molecule has 2 aliphatic rings. The summed E-state index contributed by atoms with van der Waals surface area (Å²) in [7, 11) is 1.59. The van der Waals surface area contributed by atoms with Gasteiger partial charge in [-0.15, -0.1) is 0 Å². The molecule has 0 aromatic heterocycles. The molecule has 2 heterocycles. The number of carbonyl (C=O) groups is 1. The third-order valence-corrected chi connectivity index (χ3v) is 4.89. The van der Waals surface area contributed by atoms with Gasteiger partial charge in [0.05, 0.1) is 31.3 Å². The van der Waals surface area contributed by atoms with Crippen LogP contribution in [0.5, 0.6) is 5.75 Å². The van der Waals surface area contributed by atoms with E-state index in [1.807, 2.05) is 30.9 Å². The van der Waals surface area contributed by atoms with Gasteiger partial charge in [-0.2, -0.15) is 0 Å². The van der Waals surface area contributed by atoms with Gasteiger partial charge >= 0.3 is 0 Å². The highest BCUT2D eigenvalue weighted by Crippen LogP contribution is 2.38. The molecular weight excluding hydrogens is 350 g/mol. The average molecular weight is 370 g/mol. The number of hydrogen-bond donors (Lipinski definition) is 0. The predicted octanol–water partition coefficient (Wildman–Crippen LogP) is 2.68. The highest BCUT2D eigenvalue weighted by Gasteiger charge is 2.50. The molecule has 0 unspecified atom stereocenters. The molecule has 0 saturated carbocycles. The van der Waals surface area contributed by atoms with Gasteiger partial charge in [-0.1, -0.05) is 0 Å². The highest BCUT2D eigenvalue weighted by molar-refractivity contribution is 9.10. The van der Waals surface area contributed by atoms with Gasteiger partial charge in [0.25, 0.3) is 5.91 Å². The molecule has 1 aromatic carbocycles. The second-order valence-electron chi connectivity index (χ2n) is 6.48. The fourth-order valence-electron chi connectivity index (χ4n) is 2.79. The van der Waals surface area contributed by atoms with Crippen LogP contribution in [0, 0.1) is 5.41 Å². The molecule has 0 atom stereocenters. The number of hydrogen-bond acceptors (Lipinski definition) is 4. The summed E-state index contributed by atoms with van der Waals surface area (Å²) in [5.74, 6) is 0.153. The summed E-state index contributed by atoms with van der Waals surface area (Å²) >= 11 is 3.43. The Hall–Kier alpha value is -1.11. The Bertz CT molecular complexity index is 584. The third-order valence-electron chi connectivity index (χ3n) is 4.20. The molecule has 2 saturated heterocycles. The van der Waals surface area contributed by atoms with Crippen molar-refractivity contribution in [3.63, 3.8) is 0 Å². The molecule has 5 nitrogen and oxygen atoms in total. The van der Waals surface area contributed by atoms with Crippen molar-refractivity contribution >= 4 is 21.8 Å². The van der Waals surface area contributed by atoms with Gasteiger partial charge in [-0.05, 0) is 48.0 Å². The van der Waals surface area contributed by atoms with Gasteiger partial charge in [0.15, 0.2) is 5.79 Å². The predicted molar refractivity (Wildman–Crippen MR) is 85.0 cm³/mol. The van der Waals surface area contributed by atoms with Crippen LogP contribution in [0.4, 0.5) is 0 Å². The van der Waals surface area contributed by atoms with Crippen LogP contribution in [0.25, 0.3) is 0 Å². The van der Waals surface area contributed by atoms with Gasteiger partial charge in [0, 0.05) is 17.6 Å². The van der Waals surface area contributed by atoms with Crippen molar-refractivity contribution in [2.45, 2.75) is 19.6 Å². The first kappa shape index (κ1) is 15.8. The van der Waals surface area contributed by atoms with E-state index in [0.29, 0.717) is 37.6 Å². The van der Waals surface area contributed by atoms with Crippen LogP contribution in [-0.2, 0) is 9.47 Å². The largest absolute Gasteiger partial charge is 0.497 e. The van der Waals surface area contributed by atoms with Crippen LogP contribution in [0.2, 0.25) is 0 Å². The minimum Gasteiger partial charge on any atom is -0.497 e. The van der Waals surface area contributed by atoms with Crippen molar-refractivity contribution in [1.82, 2.24) is 4.90 Å². The van der Waals surface area contributed by atoms with E-state index in [-0.39, 0.29) is 11.3 Å². The summed E-state index contributed by atoms with van der Waals surface area (Å²) in [6.45, 7) is 6.40. The molecule has 1 aromatic rings. The number of carbonyl (C=O) groups excluding carboxylic acids is 1. The average Bonchev–Trinajstić information content (AvgIpc) is 2.45. The fraction of sp³-hybridized carbons (Fsp3) is 0.562. The maximum Gasteiger partial charge on any atom is 0.255 e. The van der Waals surface area contributed by atoms with Gasteiger partial charge < -0.3 is 19.1 Å². The lowest BCUT2D eigenvalue weighted by Crippen LogP contribution is -2.65. The standard InChI is InChI=1S/C16H20BrNO4/c1-15(2)21-9-16(10-22-15)7-18(8-16)14(19)12-6-11(20-3)4-5-13(12)17/h4-6H,7-10H2,1-3H3. The Labute approximate surface area is 138 Å². The molecule has 6 heteroatoms. The number of ether oxygens (including phenoxy) is 3. The summed E-state index contributed by atoms with van der Waals surface area (Å²) in [6, 6.07) is 5.41. The second-order valence-corrected chi connectivity index (χ2v) is 7.34. The molecule has 120 valence electrons. The van der Waals surface area contributed by atoms with E-state index in [9.17, 15) is 4.79 Å². The summed E-state index contributed by atoms with van der Waals surface area (Å²) in [6.07, 6.45) is 0.